The summed E-state index contributed by atoms with van der Waals surface area (Å²) in [6.07, 6.45) is -2.85. The number of carbonyl (C=O) groups is 1. The van der Waals surface area contributed by atoms with Crippen LogP contribution in [0.4, 0.5) is 8.78 Å². The first-order chi connectivity index (χ1) is 8.54. The highest BCUT2D eigenvalue weighted by Crippen LogP contribution is 2.27. The summed E-state index contributed by atoms with van der Waals surface area (Å²) in [4.78, 5) is 11.2. The largest absolute Gasteiger partial charge is 0.469 e. The van der Waals surface area contributed by atoms with Gasteiger partial charge < -0.3 is 10.5 Å². The van der Waals surface area contributed by atoms with Gasteiger partial charge in [-0.2, -0.15) is 5.26 Å². The number of methoxy groups -OCH3 is 1. The van der Waals surface area contributed by atoms with Gasteiger partial charge in [0.2, 0.25) is 0 Å². The topological polar surface area (TPSA) is 76.1 Å². The first-order valence-electron chi connectivity index (χ1n) is 5.14. The first kappa shape index (κ1) is 14.1. The average molecular weight is 254 g/mol. The van der Waals surface area contributed by atoms with Crippen LogP contribution in [-0.4, -0.2) is 13.1 Å². The third-order valence-corrected chi connectivity index (χ3v) is 2.56. The van der Waals surface area contributed by atoms with E-state index in [-0.39, 0.29) is 29.7 Å². The Labute approximate surface area is 103 Å². The number of esters is 1. The Balaban J connectivity index is 3.31. The maximum Gasteiger partial charge on any atom is 0.309 e. The molecule has 0 radical (unpaired) electrons. The summed E-state index contributed by atoms with van der Waals surface area (Å²) >= 11 is 0. The first-order valence-corrected chi connectivity index (χ1v) is 5.14. The summed E-state index contributed by atoms with van der Waals surface area (Å²) in [5.41, 5.74) is 5.64. The average Bonchev–Trinajstić information content (AvgIpc) is 2.37. The van der Waals surface area contributed by atoms with E-state index in [2.05, 4.69) is 4.74 Å². The number of ether oxygens (including phenoxy) is 1. The minimum Gasteiger partial charge on any atom is -0.469 e. The minimum atomic E-state index is -2.75. The maximum absolute atomic E-state index is 12.7. The van der Waals surface area contributed by atoms with Crippen molar-refractivity contribution in [3.05, 3.63) is 34.4 Å². The molecule has 0 fully saturated rings. The fourth-order valence-electron chi connectivity index (χ4n) is 1.65. The van der Waals surface area contributed by atoms with Crippen molar-refractivity contribution in [2.24, 2.45) is 5.73 Å². The van der Waals surface area contributed by atoms with Gasteiger partial charge in [0.05, 0.1) is 25.2 Å². The van der Waals surface area contributed by atoms with Crippen molar-refractivity contribution >= 4 is 5.97 Å². The van der Waals surface area contributed by atoms with E-state index < -0.39 is 12.4 Å². The molecule has 0 aliphatic carbocycles. The second-order valence-electron chi connectivity index (χ2n) is 3.54. The molecular weight excluding hydrogens is 242 g/mol. The normalized spacial score (nSPS) is 10.2. The van der Waals surface area contributed by atoms with Crippen LogP contribution in [0.5, 0.6) is 0 Å². The Morgan fingerprint density at radius 2 is 2.22 bits per heavy atom. The Morgan fingerprint density at radius 1 is 1.56 bits per heavy atom. The Morgan fingerprint density at radius 3 is 2.67 bits per heavy atom. The second kappa shape index (κ2) is 6.07. The van der Waals surface area contributed by atoms with Crippen LogP contribution in [0, 0.1) is 11.3 Å². The number of nitrogens with zero attached hydrogens (tertiary/aromatic N) is 1. The van der Waals surface area contributed by atoms with Crippen molar-refractivity contribution in [3.63, 3.8) is 0 Å². The van der Waals surface area contributed by atoms with Crippen LogP contribution < -0.4 is 5.73 Å². The molecular formula is C12H12F2N2O2. The van der Waals surface area contributed by atoms with E-state index in [4.69, 9.17) is 11.0 Å². The van der Waals surface area contributed by atoms with E-state index >= 15 is 0 Å². The van der Waals surface area contributed by atoms with Crippen molar-refractivity contribution in [1.82, 2.24) is 0 Å². The molecule has 0 aromatic heterocycles. The number of hydrogen-bond acceptors (Lipinski definition) is 4. The van der Waals surface area contributed by atoms with Gasteiger partial charge in [0, 0.05) is 12.1 Å². The van der Waals surface area contributed by atoms with Gasteiger partial charge >= 0.3 is 5.97 Å². The Bertz CT molecular complexity index is 496. The molecule has 1 aromatic rings. The van der Waals surface area contributed by atoms with E-state index in [0.29, 0.717) is 5.56 Å². The molecule has 96 valence electrons. The molecule has 1 aromatic carbocycles. The summed E-state index contributed by atoms with van der Waals surface area (Å²) in [5, 5.41) is 8.94. The predicted molar refractivity (Wildman–Crippen MR) is 59.7 cm³/mol. The molecule has 0 unspecified atom stereocenters. The smallest absolute Gasteiger partial charge is 0.309 e. The highest BCUT2D eigenvalue weighted by Gasteiger charge is 2.19. The molecule has 0 aliphatic heterocycles. The highest BCUT2D eigenvalue weighted by atomic mass is 19.3. The van der Waals surface area contributed by atoms with Gasteiger partial charge in [-0.3, -0.25) is 4.79 Å². The molecule has 0 heterocycles. The summed E-state index contributed by atoms with van der Waals surface area (Å²) in [6.45, 7) is -0.0875. The number of alkyl halides is 2. The SMILES string of the molecule is COC(=O)Cc1ccc(C(F)F)c(C#N)c1CN. The molecule has 0 aliphatic rings. The molecule has 18 heavy (non-hydrogen) atoms. The van der Waals surface area contributed by atoms with Crippen LogP contribution in [-0.2, 0) is 22.5 Å². The fourth-order valence-corrected chi connectivity index (χ4v) is 1.65. The molecule has 0 bridgehead atoms. The van der Waals surface area contributed by atoms with E-state index in [1.54, 1.807) is 6.07 Å². The molecule has 0 atom stereocenters. The molecule has 0 spiro atoms. The van der Waals surface area contributed by atoms with Crippen molar-refractivity contribution in [2.75, 3.05) is 7.11 Å². The number of halogens is 2. The van der Waals surface area contributed by atoms with E-state index in [1.807, 2.05) is 0 Å². The third-order valence-electron chi connectivity index (χ3n) is 2.56. The lowest BCUT2D eigenvalue weighted by atomic mass is 9.95. The number of rotatable bonds is 4. The molecule has 0 saturated heterocycles. The quantitative estimate of drug-likeness (QED) is 0.829. The number of carbonyl (C=O) groups excluding carboxylic acids is 1. The zero-order chi connectivity index (χ0) is 13.7. The number of nitriles is 1. The Hall–Kier alpha value is -2.00. The van der Waals surface area contributed by atoms with Crippen LogP contribution in [0.25, 0.3) is 0 Å². The Kier molecular flexibility index (Phi) is 4.75. The maximum atomic E-state index is 12.7. The van der Waals surface area contributed by atoms with E-state index in [1.165, 1.54) is 13.2 Å². The van der Waals surface area contributed by atoms with Crippen LogP contribution in [0.2, 0.25) is 0 Å². The number of nitrogens with two attached hydrogens (primary N) is 1. The van der Waals surface area contributed by atoms with Gasteiger partial charge in [0.25, 0.3) is 6.43 Å². The van der Waals surface area contributed by atoms with Gasteiger partial charge in [-0.25, -0.2) is 8.78 Å². The van der Waals surface area contributed by atoms with Gasteiger partial charge in [-0.15, -0.1) is 0 Å². The van der Waals surface area contributed by atoms with Crippen LogP contribution in [0.1, 0.15) is 28.7 Å². The van der Waals surface area contributed by atoms with Crippen molar-refractivity contribution in [2.45, 2.75) is 19.4 Å². The number of benzene rings is 1. The van der Waals surface area contributed by atoms with Gasteiger partial charge in [0.15, 0.2) is 0 Å². The van der Waals surface area contributed by atoms with Gasteiger partial charge in [-0.05, 0) is 11.1 Å². The molecule has 0 saturated carbocycles. The minimum absolute atomic E-state index is 0.0875. The monoisotopic (exact) mass is 254 g/mol. The summed E-state index contributed by atoms with van der Waals surface area (Å²) in [5.74, 6) is -0.515. The molecule has 6 heteroatoms. The van der Waals surface area contributed by atoms with Crippen LogP contribution in [0.3, 0.4) is 0 Å². The zero-order valence-electron chi connectivity index (χ0n) is 9.74. The van der Waals surface area contributed by atoms with Crippen molar-refractivity contribution in [3.8, 4) is 6.07 Å². The van der Waals surface area contributed by atoms with Crippen LogP contribution >= 0.6 is 0 Å². The van der Waals surface area contributed by atoms with Gasteiger partial charge in [-0.1, -0.05) is 12.1 Å². The highest BCUT2D eigenvalue weighted by molar-refractivity contribution is 5.73. The van der Waals surface area contributed by atoms with Gasteiger partial charge in [0.1, 0.15) is 0 Å². The molecule has 4 nitrogen and oxygen atoms in total. The third kappa shape index (κ3) is 2.81. The van der Waals surface area contributed by atoms with Crippen molar-refractivity contribution in [1.29, 1.82) is 5.26 Å². The fraction of sp³-hybridized carbons (Fsp3) is 0.333. The lowest BCUT2D eigenvalue weighted by molar-refractivity contribution is -0.139. The predicted octanol–water partition coefficient (Wildman–Crippen LogP) is 1.67. The van der Waals surface area contributed by atoms with Crippen molar-refractivity contribution < 1.29 is 18.3 Å². The zero-order valence-corrected chi connectivity index (χ0v) is 9.74. The van der Waals surface area contributed by atoms with Crippen LogP contribution in [0.15, 0.2) is 12.1 Å². The number of hydrogen-bond donors (Lipinski definition) is 1. The van der Waals surface area contributed by atoms with E-state index in [0.717, 1.165) is 6.07 Å². The summed E-state index contributed by atoms with van der Waals surface area (Å²) in [7, 11) is 1.23. The summed E-state index contributed by atoms with van der Waals surface area (Å²) in [6, 6.07) is 4.23. The standard InChI is InChI=1S/C12H12F2N2O2/c1-18-11(17)4-7-2-3-8(12(13)14)10(6-16)9(7)5-15/h2-3,12H,4-5,15H2,1H3. The molecule has 1 rings (SSSR count). The lowest BCUT2D eigenvalue weighted by Gasteiger charge is -2.12. The molecule has 2 N–H and O–H groups in total. The lowest BCUT2D eigenvalue weighted by Crippen LogP contribution is -2.12. The molecule has 0 amide bonds. The summed E-state index contributed by atoms with van der Waals surface area (Å²) < 4.78 is 29.9. The second-order valence-corrected chi connectivity index (χ2v) is 3.54. The van der Waals surface area contributed by atoms with E-state index in [9.17, 15) is 13.6 Å².